The van der Waals surface area contributed by atoms with Gasteiger partial charge in [-0.3, -0.25) is 13.9 Å². The van der Waals surface area contributed by atoms with Gasteiger partial charge in [0, 0.05) is 5.39 Å². The molecule has 2 aromatic heterocycles. The molecule has 16 heteroatoms. The predicted molar refractivity (Wildman–Crippen MR) is 172 cm³/mol. The summed E-state index contributed by atoms with van der Waals surface area (Å²) < 4.78 is 76.1. The van der Waals surface area contributed by atoms with E-state index in [-0.39, 0.29) is 47.2 Å². The highest BCUT2D eigenvalue weighted by atomic mass is 31.2. The highest BCUT2D eigenvalue weighted by molar-refractivity contribution is 7.52. The molecule has 1 aliphatic rings. The highest BCUT2D eigenvalue weighted by Crippen LogP contribution is 2.52. The maximum atomic E-state index is 16.6. The molecule has 0 radical (unpaired) electrons. The van der Waals surface area contributed by atoms with Gasteiger partial charge in [-0.05, 0) is 44.6 Å². The van der Waals surface area contributed by atoms with Crippen LogP contribution in [0.4, 0.5) is 8.78 Å². The lowest BCUT2D eigenvalue weighted by atomic mass is 9.97. The third-order valence-electron chi connectivity index (χ3n) is 7.52. The second-order valence-corrected chi connectivity index (χ2v) is 14.7. The smallest absolute Gasteiger partial charge is 0.459 e. The lowest BCUT2D eigenvalue weighted by Gasteiger charge is -2.28. The number of fused-ring (bicyclic) bond motifs is 2. The van der Waals surface area contributed by atoms with Crippen LogP contribution in [0.25, 0.3) is 21.9 Å². The van der Waals surface area contributed by atoms with Gasteiger partial charge < -0.3 is 23.8 Å². The average molecular weight is 692 g/mol. The molecule has 13 nitrogen and oxygen atoms in total. The summed E-state index contributed by atoms with van der Waals surface area (Å²) in [6.45, 7) is 10.3. The minimum Gasteiger partial charge on any atom is -0.476 e. The summed E-state index contributed by atoms with van der Waals surface area (Å²) >= 11 is 0. The predicted octanol–water partition coefficient (Wildman–Crippen LogP) is 5.74. The molecule has 3 heterocycles. The zero-order valence-electron chi connectivity index (χ0n) is 27.8. The highest BCUT2D eigenvalue weighted by Gasteiger charge is 2.65. The number of imidazole rings is 1. The number of aliphatic hydroxyl groups is 1. The number of ether oxygens (including phenoxy) is 3. The van der Waals surface area contributed by atoms with Gasteiger partial charge in [-0.25, -0.2) is 23.3 Å². The Labute approximate surface area is 276 Å². The van der Waals surface area contributed by atoms with Gasteiger partial charge in [-0.15, -0.1) is 0 Å². The lowest BCUT2D eigenvalue weighted by Crippen LogP contribution is -2.47. The zero-order chi connectivity index (χ0) is 35.1. The number of halogens is 2. The van der Waals surface area contributed by atoms with E-state index >= 15 is 8.78 Å². The summed E-state index contributed by atoms with van der Waals surface area (Å²) in [5, 5.41) is 14.8. The van der Waals surface area contributed by atoms with E-state index < -0.39 is 50.2 Å². The first kappa shape index (κ1) is 35.6. The third kappa shape index (κ3) is 7.30. The largest absolute Gasteiger partial charge is 0.476 e. The first-order valence-corrected chi connectivity index (χ1v) is 16.9. The van der Waals surface area contributed by atoms with Crippen molar-refractivity contribution in [1.29, 1.82) is 0 Å². The number of benzene rings is 2. The number of esters is 1. The van der Waals surface area contributed by atoms with E-state index in [9.17, 15) is 14.5 Å². The molecule has 0 amide bonds. The van der Waals surface area contributed by atoms with Gasteiger partial charge >= 0.3 is 13.7 Å². The van der Waals surface area contributed by atoms with E-state index in [1.165, 1.54) is 19.3 Å². The number of aliphatic hydroxyl groups excluding tert-OH is 1. The van der Waals surface area contributed by atoms with Crippen molar-refractivity contribution in [3.63, 3.8) is 0 Å². The first-order chi connectivity index (χ1) is 22.5. The van der Waals surface area contributed by atoms with Gasteiger partial charge in [-0.1, -0.05) is 57.2 Å². The van der Waals surface area contributed by atoms with Crippen LogP contribution in [0.1, 0.15) is 53.6 Å². The molecule has 0 saturated carbocycles. The van der Waals surface area contributed by atoms with E-state index in [0.717, 1.165) is 16.9 Å². The Bertz CT molecular complexity index is 1850. The summed E-state index contributed by atoms with van der Waals surface area (Å²) in [6.07, 6.45) is -3.07. The quantitative estimate of drug-likeness (QED) is 0.137. The van der Waals surface area contributed by atoms with Gasteiger partial charge in [0.15, 0.2) is 29.2 Å². The topological polar surface area (TPSA) is 156 Å². The average Bonchev–Trinajstić information content (AvgIpc) is 3.51. The van der Waals surface area contributed by atoms with Crippen molar-refractivity contribution < 1.29 is 46.5 Å². The Morgan fingerprint density at radius 2 is 1.90 bits per heavy atom. The fourth-order valence-electron chi connectivity index (χ4n) is 5.14. The number of carbonyl (C=O) groups excluding carboxylic acids is 1. The third-order valence-corrected chi connectivity index (χ3v) is 9.13. The molecule has 0 aliphatic carbocycles. The standard InChI is InChI=1S/C32H40F2N5O8P/c1-8-43-26-24-25(36-20(3)37-26)39(18-35-24)29-31(7,33)28(41)32(34,46-29)17-45-48(42,38-19(2)27(40)44-16-30(4,5)6)47-23-15-11-13-21-12-9-10-14-22(21)23/h9-15,18-19,28-29,41H,8,16-17H2,1-7H3,(H,38,42)/t19?,28-,29+,31+,32+,48?/m0/s1. The van der Waals surface area contributed by atoms with Crippen LogP contribution in [0.2, 0.25) is 0 Å². The minimum atomic E-state index is -4.68. The molecule has 4 aromatic rings. The SMILES string of the molecule is CCOc1nc(C)nc2c1ncn2[C@@H]1O[C@](F)(COP(=O)(NC(C)C(=O)OCC(C)(C)C)Oc2cccc3ccccc23)[C@@H](O)[C@@]1(C)F. The molecule has 260 valence electrons. The fourth-order valence-corrected chi connectivity index (χ4v) is 6.66. The van der Waals surface area contributed by atoms with Crippen molar-refractivity contribution in [2.45, 2.75) is 78.4 Å². The number of nitrogens with one attached hydrogen (secondary N) is 1. The molecule has 48 heavy (non-hydrogen) atoms. The van der Waals surface area contributed by atoms with E-state index in [0.29, 0.717) is 5.39 Å². The molecular formula is C32H40F2N5O8P. The molecule has 1 saturated heterocycles. The van der Waals surface area contributed by atoms with Crippen molar-refractivity contribution in [3.8, 4) is 11.6 Å². The molecule has 0 bridgehead atoms. The second-order valence-electron chi connectivity index (χ2n) is 13.0. The molecular weight excluding hydrogens is 651 g/mol. The van der Waals surface area contributed by atoms with Crippen LogP contribution in [0.3, 0.4) is 0 Å². The number of aryl methyl sites for hydroxylation is 1. The van der Waals surface area contributed by atoms with Gasteiger partial charge in [0.25, 0.3) is 5.85 Å². The Hall–Kier alpha value is -3.75. The Morgan fingerprint density at radius 1 is 1.19 bits per heavy atom. The van der Waals surface area contributed by atoms with Crippen LogP contribution in [0.5, 0.6) is 11.6 Å². The van der Waals surface area contributed by atoms with Gasteiger partial charge in [0.1, 0.15) is 24.2 Å². The van der Waals surface area contributed by atoms with Crippen LogP contribution in [-0.4, -0.2) is 74.1 Å². The second kappa shape index (κ2) is 13.3. The first-order valence-electron chi connectivity index (χ1n) is 15.4. The van der Waals surface area contributed by atoms with E-state index in [4.69, 9.17) is 23.3 Å². The van der Waals surface area contributed by atoms with Gasteiger partial charge in [0.05, 0.1) is 19.5 Å². The molecule has 2 N–H and O–H groups in total. The monoisotopic (exact) mass is 691 g/mol. The number of aromatic nitrogens is 4. The van der Waals surface area contributed by atoms with Crippen LogP contribution in [0, 0.1) is 12.3 Å². The van der Waals surface area contributed by atoms with Crippen LogP contribution in [-0.2, 0) is 23.4 Å². The van der Waals surface area contributed by atoms with Crippen molar-refractivity contribution in [2.24, 2.45) is 5.41 Å². The molecule has 2 unspecified atom stereocenters. The Balaban J connectivity index is 1.44. The number of hydrogen-bond acceptors (Lipinski definition) is 11. The van der Waals surface area contributed by atoms with Crippen molar-refractivity contribution in [2.75, 3.05) is 19.8 Å². The van der Waals surface area contributed by atoms with Crippen molar-refractivity contribution in [1.82, 2.24) is 24.6 Å². The number of nitrogens with zero attached hydrogens (tertiary/aromatic N) is 4. The summed E-state index contributed by atoms with van der Waals surface area (Å²) in [4.78, 5) is 25.6. The molecule has 0 spiro atoms. The lowest BCUT2D eigenvalue weighted by molar-refractivity contribution is -0.202. The number of alkyl halides is 2. The van der Waals surface area contributed by atoms with E-state index in [1.807, 2.05) is 20.8 Å². The summed E-state index contributed by atoms with van der Waals surface area (Å²) in [7, 11) is -4.68. The van der Waals surface area contributed by atoms with Gasteiger partial charge in [-0.2, -0.15) is 10.1 Å². The molecule has 1 fully saturated rings. The summed E-state index contributed by atoms with van der Waals surface area (Å²) in [5.41, 5.74) is -2.87. The van der Waals surface area contributed by atoms with Crippen molar-refractivity contribution in [3.05, 3.63) is 54.6 Å². The maximum Gasteiger partial charge on any atom is 0.459 e. The number of carbonyl (C=O) groups is 1. The molecule has 5 rings (SSSR count). The van der Waals surface area contributed by atoms with Crippen LogP contribution < -0.4 is 14.3 Å². The number of hydrogen-bond donors (Lipinski definition) is 2. The van der Waals surface area contributed by atoms with Gasteiger partial charge in [0.2, 0.25) is 5.88 Å². The Morgan fingerprint density at radius 3 is 2.60 bits per heavy atom. The number of rotatable bonds is 12. The fraction of sp³-hybridized carbons (Fsp3) is 0.500. The van der Waals surface area contributed by atoms with E-state index in [2.05, 4.69) is 20.0 Å². The molecule has 6 atom stereocenters. The normalized spacial score (nSPS) is 24.8. The molecule has 2 aromatic carbocycles. The summed E-state index contributed by atoms with van der Waals surface area (Å²) in [6, 6.07) is 10.8. The molecule has 1 aliphatic heterocycles. The van der Waals surface area contributed by atoms with E-state index in [1.54, 1.807) is 50.2 Å². The maximum absolute atomic E-state index is 16.6. The van der Waals surface area contributed by atoms with Crippen LogP contribution in [0.15, 0.2) is 48.8 Å². The Kier molecular flexibility index (Phi) is 9.84. The summed E-state index contributed by atoms with van der Waals surface area (Å²) in [5.74, 6) is -3.52. The minimum absolute atomic E-state index is 0.0662. The van der Waals surface area contributed by atoms with Crippen molar-refractivity contribution >= 4 is 35.7 Å². The zero-order valence-corrected chi connectivity index (χ0v) is 28.7. The van der Waals surface area contributed by atoms with Crippen LogP contribution >= 0.6 is 7.75 Å².